The molecular weight excluding hydrogens is 372 g/mol. The zero-order valence-electron chi connectivity index (χ0n) is 16.5. The number of fused-ring (bicyclic) bond motifs is 5. The number of amides is 1. The Morgan fingerprint density at radius 3 is 2.79 bits per heavy atom. The van der Waals surface area contributed by atoms with E-state index in [4.69, 9.17) is 4.74 Å². The topological polar surface area (TPSA) is 87.9 Å². The van der Waals surface area contributed by atoms with Gasteiger partial charge in [-0.25, -0.2) is 0 Å². The molecule has 2 aromatic rings. The highest BCUT2D eigenvalue weighted by atomic mass is 16.6. The second-order valence-corrected chi connectivity index (χ2v) is 7.48. The summed E-state index contributed by atoms with van der Waals surface area (Å²) in [5, 5.41) is 14.4. The van der Waals surface area contributed by atoms with Gasteiger partial charge in [0.25, 0.3) is 5.69 Å². The Morgan fingerprint density at radius 1 is 1.24 bits per heavy atom. The van der Waals surface area contributed by atoms with Crippen molar-refractivity contribution in [2.24, 2.45) is 0 Å². The van der Waals surface area contributed by atoms with Crippen LogP contribution in [0, 0.1) is 10.1 Å². The van der Waals surface area contributed by atoms with E-state index in [-0.39, 0.29) is 35.2 Å². The molecule has 0 aromatic heterocycles. The fourth-order valence-electron chi connectivity index (χ4n) is 4.42. The second-order valence-electron chi connectivity index (χ2n) is 7.48. The van der Waals surface area contributed by atoms with Crippen molar-refractivity contribution >= 4 is 28.7 Å². The van der Waals surface area contributed by atoms with Gasteiger partial charge in [-0.05, 0) is 30.5 Å². The number of para-hydroxylation sites is 1. The predicted octanol–water partition coefficient (Wildman–Crippen LogP) is 3.15. The predicted molar refractivity (Wildman–Crippen MR) is 111 cm³/mol. The van der Waals surface area contributed by atoms with Crippen LogP contribution in [-0.4, -0.2) is 44.2 Å². The Balaban J connectivity index is 1.75. The standard InChI is InChI=1S/C21H24N4O4/c1-23-17-6-4-3-5-16(17)19-11-14(22-21(26)13-29-2)9-10-24(19)18-8-7-15(25(27)28)12-20(18)23/h3-8,12,14,19H,9-11,13H2,1-2H3,(H,22,26)/t14-,19-/m0/s1. The van der Waals surface area contributed by atoms with Gasteiger partial charge in [0.1, 0.15) is 6.61 Å². The van der Waals surface area contributed by atoms with Gasteiger partial charge in [-0.1, -0.05) is 18.2 Å². The number of benzene rings is 2. The molecule has 1 N–H and O–H groups in total. The molecule has 1 fully saturated rings. The molecule has 152 valence electrons. The molecule has 0 spiro atoms. The molecule has 0 aliphatic carbocycles. The summed E-state index contributed by atoms with van der Waals surface area (Å²) in [6, 6.07) is 13.3. The van der Waals surface area contributed by atoms with Crippen molar-refractivity contribution in [2.75, 3.05) is 37.1 Å². The highest BCUT2D eigenvalue weighted by molar-refractivity contribution is 5.83. The normalized spacial score (nSPS) is 20.2. The lowest BCUT2D eigenvalue weighted by Gasteiger charge is -2.41. The van der Waals surface area contributed by atoms with E-state index in [1.54, 1.807) is 12.1 Å². The molecule has 2 aliphatic rings. The first-order chi connectivity index (χ1) is 14.0. The number of hydrogen-bond donors (Lipinski definition) is 1. The average molecular weight is 396 g/mol. The molecule has 1 amide bonds. The summed E-state index contributed by atoms with van der Waals surface area (Å²) in [6.45, 7) is 0.798. The number of carbonyl (C=O) groups is 1. The molecule has 2 heterocycles. The summed E-state index contributed by atoms with van der Waals surface area (Å²) in [7, 11) is 3.45. The molecule has 8 nitrogen and oxygen atoms in total. The van der Waals surface area contributed by atoms with Crippen molar-refractivity contribution in [1.29, 1.82) is 0 Å². The maximum Gasteiger partial charge on any atom is 0.271 e. The lowest BCUT2D eigenvalue weighted by Crippen LogP contribution is -2.47. The van der Waals surface area contributed by atoms with Crippen LogP contribution >= 0.6 is 0 Å². The number of ether oxygens (including phenoxy) is 1. The molecule has 0 bridgehead atoms. The van der Waals surface area contributed by atoms with E-state index in [2.05, 4.69) is 16.3 Å². The van der Waals surface area contributed by atoms with Crippen molar-refractivity contribution in [3.8, 4) is 0 Å². The van der Waals surface area contributed by atoms with Crippen LogP contribution in [0.5, 0.6) is 0 Å². The molecule has 2 atom stereocenters. The lowest BCUT2D eigenvalue weighted by atomic mass is 9.90. The van der Waals surface area contributed by atoms with E-state index < -0.39 is 0 Å². The first kappa shape index (κ1) is 19.2. The molecule has 4 rings (SSSR count). The van der Waals surface area contributed by atoms with E-state index in [0.29, 0.717) is 0 Å². The molecule has 2 aromatic carbocycles. The van der Waals surface area contributed by atoms with E-state index in [1.807, 2.05) is 36.2 Å². The van der Waals surface area contributed by atoms with E-state index in [1.165, 1.54) is 7.11 Å². The Hall–Kier alpha value is -3.13. The van der Waals surface area contributed by atoms with Crippen LogP contribution in [0.1, 0.15) is 24.4 Å². The quantitative estimate of drug-likeness (QED) is 0.631. The second kappa shape index (κ2) is 7.71. The summed E-state index contributed by atoms with van der Waals surface area (Å²) in [5.41, 5.74) is 4.04. The van der Waals surface area contributed by atoms with E-state index in [0.717, 1.165) is 42.0 Å². The third-order valence-corrected chi connectivity index (χ3v) is 5.74. The van der Waals surface area contributed by atoms with E-state index >= 15 is 0 Å². The van der Waals surface area contributed by atoms with Gasteiger partial charge in [-0.15, -0.1) is 0 Å². The fourth-order valence-corrected chi connectivity index (χ4v) is 4.42. The SMILES string of the molecule is COCC(=O)N[C@H]1CCN2c3ccc([N+](=O)[O-])cc3N(C)c3ccccc3[C@@H]2C1. The molecule has 29 heavy (non-hydrogen) atoms. The molecular formula is C21H24N4O4. The summed E-state index contributed by atoms with van der Waals surface area (Å²) < 4.78 is 4.93. The average Bonchev–Trinajstić information content (AvgIpc) is 2.82. The van der Waals surface area contributed by atoms with Gasteiger partial charge in [0.15, 0.2) is 0 Å². The Bertz CT molecular complexity index is 948. The van der Waals surface area contributed by atoms with Crippen LogP contribution in [0.15, 0.2) is 42.5 Å². The van der Waals surface area contributed by atoms with Gasteiger partial charge in [0.2, 0.25) is 5.91 Å². The largest absolute Gasteiger partial charge is 0.375 e. The fraction of sp³-hybridized carbons (Fsp3) is 0.381. The summed E-state index contributed by atoms with van der Waals surface area (Å²) in [5.74, 6) is -0.110. The number of nitrogens with zero attached hydrogens (tertiary/aromatic N) is 3. The smallest absolute Gasteiger partial charge is 0.271 e. The molecule has 0 saturated carbocycles. The van der Waals surface area contributed by atoms with E-state index in [9.17, 15) is 14.9 Å². The molecule has 2 aliphatic heterocycles. The first-order valence-electron chi connectivity index (χ1n) is 9.65. The minimum absolute atomic E-state index is 0.0523. The van der Waals surface area contributed by atoms with Crippen molar-refractivity contribution in [2.45, 2.75) is 24.9 Å². The van der Waals surface area contributed by atoms with Crippen LogP contribution in [0.25, 0.3) is 0 Å². The van der Waals surface area contributed by atoms with Gasteiger partial charge < -0.3 is 19.9 Å². The van der Waals surface area contributed by atoms with Crippen LogP contribution < -0.4 is 15.1 Å². The van der Waals surface area contributed by atoms with Crippen LogP contribution in [0.2, 0.25) is 0 Å². The minimum atomic E-state index is -0.361. The number of nitrogens with one attached hydrogen (secondary N) is 1. The zero-order valence-corrected chi connectivity index (χ0v) is 16.5. The number of rotatable bonds is 4. The van der Waals surface area contributed by atoms with Gasteiger partial charge in [0.05, 0.1) is 22.3 Å². The van der Waals surface area contributed by atoms with Crippen molar-refractivity contribution in [1.82, 2.24) is 5.32 Å². The van der Waals surface area contributed by atoms with Crippen molar-refractivity contribution in [3.63, 3.8) is 0 Å². The number of methoxy groups -OCH3 is 1. The number of piperidine rings is 1. The molecule has 0 unspecified atom stereocenters. The Morgan fingerprint density at radius 2 is 2.03 bits per heavy atom. The molecule has 0 radical (unpaired) electrons. The van der Waals surface area contributed by atoms with Gasteiger partial charge in [-0.3, -0.25) is 14.9 Å². The number of hydrogen-bond acceptors (Lipinski definition) is 6. The first-order valence-corrected chi connectivity index (χ1v) is 9.65. The maximum absolute atomic E-state index is 12.0. The maximum atomic E-state index is 12.0. The number of anilines is 3. The van der Waals surface area contributed by atoms with Crippen molar-refractivity contribution < 1.29 is 14.5 Å². The third-order valence-electron chi connectivity index (χ3n) is 5.74. The van der Waals surface area contributed by atoms with Gasteiger partial charge in [-0.2, -0.15) is 0 Å². The van der Waals surface area contributed by atoms with Crippen LogP contribution in [-0.2, 0) is 9.53 Å². The van der Waals surface area contributed by atoms with Crippen LogP contribution in [0.4, 0.5) is 22.7 Å². The van der Waals surface area contributed by atoms with Crippen molar-refractivity contribution in [3.05, 3.63) is 58.1 Å². The summed E-state index contributed by atoms with van der Waals surface area (Å²) in [6.07, 6.45) is 1.56. The lowest BCUT2D eigenvalue weighted by molar-refractivity contribution is -0.384. The highest BCUT2D eigenvalue weighted by Crippen LogP contribution is 2.48. The summed E-state index contributed by atoms with van der Waals surface area (Å²) >= 11 is 0. The number of nitro groups is 1. The van der Waals surface area contributed by atoms with Crippen LogP contribution in [0.3, 0.4) is 0 Å². The highest BCUT2D eigenvalue weighted by Gasteiger charge is 2.36. The number of carbonyl (C=O) groups excluding carboxylic acids is 1. The molecule has 1 saturated heterocycles. The van der Waals surface area contributed by atoms with Gasteiger partial charge >= 0.3 is 0 Å². The Kier molecular flexibility index (Phi) is 5.10. The number of nitro benzene ring substituents is 1. The molecule has 8 heteroatoms. The number of non-ortho nitro benzene ring substituents is 1. The van der Waals surface area contributed by atoms with Gasteiger partial charge in [0, 0.05) is 44.6 Å². The monoisotopic (exact) mass is 396 g/mol. The minimum Gasteiger partial charge on any atom is -0.375 e. The summed E-state index contributed by atoms with van der Waals surface area (Å²) in [4.78, 5) is 27.3. The third kappa shape index (κ3) is 3.51. The Labute approximate surface area is 169 Å². The zero-order chi connectivity index (χ0) is 20.5.